The molecular formula is C24H29NO4. The van der Waals surface area contributed by atoms with E-state index in [2.05, 4.69) is 6.92 Å². The van der Waals surface area contributed by atoms with E-state index >= 15 is 0 Å². The van der Waals surface area contributed by atoms with Gasteiger partial charge >= 0.3 is 0 Å². The lowest BCUT2D eigenvalue weighted by Gasteiger charge is -2.24. The molecule has 4 rings (SSSR count). The van der Waals surface area contributed by atoms with Gasteiger partial charge in [0, 0.05) is 31.7 Å². The van der Waals surface area contributed by atoms with Crippen molar-refractivity contribution < 1.29 is 18.7 Å². The van der Waals surface area contributed by atoms with E-state index in [0.29, 0.717) is 24.9 Å². The summed E-state index contributed by atoms with van der Waals surface area (Å²) < 4.78 is 17.0. The third-order valence-electron chi connectivity index (χ3n) is 5.78. The molecule has 1 saturated carbocycles. The maximum absolute atomic E-state index is 13.0. The molecule has 1 aliphatic heterocycles. The van der Waals surface area contributed by atoms with Gasteiger partial charge in [0.1, 0.15) is 17.3 Å². The Kier molecular flexibility index (Phi) is 6.05. The van der Waals surface area contributed by atoms with Crippen molar-refractivity contribution in [3.63, 3.8) is 0 Å². The summed E-state index contributed by atoms with van der Waals surface area (Å²) in [6.07, 6.45) is 6.71. The fourth-order valence-electron chi connectivity index (χ4n) is 3.89. The number of carbonyl (C=O) groups excluding carboxylic acids is 1. The maximum Gasteiger partial charge on any atom is 0.247 e. The number of rotatable bonds is 8. The number of nitrogens with zero attached hydrogens (tertiary/aromatic N) is 1. The SMILES string of the molecule is COc1cccc(CN(CC2CCCO2)C(=O)/C=C/c2ccc(C3CC3C)o2)c1. The molecule has 3 atom stereocenters. The highest BCUT2D eigenvalue weighted by molar-refractivity contribution is 5.91. The van der Waals surface area contributed by atoms with Crippen LogP contribution >= 0.6 is 0 Å². The van der Waals surface area contributed by atoms with Gasteiger partial charge in [-0.1, -0.05) is 19.1 Å². The molecule has 1 aromatic carbocycles. The second kappa shape index (κ2) is 8.87. The maximum atomic E-state index is 13.0. The predicted molar refractivity (Wildman–Crippen MR) is 112 cm³/mol. The van der Waals surface area contributed by atoms with Crippen LogP contribution in [0.3, 0.4) is 0 Å². The Morgan fingerprint density at radius 3 is 2.90 bits per heavy atom. The fraction of sp³-hybridized carbons (Fsp3) is 0.458. The van der Waals surface area contributed by atoms with Gasteiger partial charge in [0.2, 0.25) is 5.91 Å². The third kappa shape index (κ3) is 5.10. The average Bonchev–Trinajstić information content (AvgIpc) is 3.13. The molecular weight excluding hydrogens is 366 g/mol. The zero-order chi connectivity index (χ0) is 20.2. The van der Waals surface area contributed by atoms with Gasteiger partial charge in [0.15, 0.2) is 0 Å². The van der Waals surface area contributed by atoms with Crippen molar-refractivity contribution in [3.8, 4) is 5.75 Å². The minimum absolute atomic E-state index is 0.0407. The molecule has 2 heterocycles. The first-order chi connectivity index (χ1) is 14.1. The zero-order valence-corrected chi connectivity index (χ0v) is 17.2. The lowest BCUT2D eigenvalue weighted by atomic mass is 10.1. The van der Waals surface area contributed by atoms with Crippen molar-refractivity contribution >= 4 is 12.0 Å². The van der Waals surface area contributed by atoms with Crippen LogP contribution in [0.5, 0.6) is 5.75 Å². The van der Waals surface area contributed by atoms with Crippen molar-refractivity contribution in [3.05, 3.63) is 59.6 Å². The number of hydrogen-bond acceptors (Lipinski definition) is 4. The van der Waals surface area contributed by atoms with Crippen LogP contribution in [0.1, 0.15) is 49.2 Å². The smallest absolute Gasteiger partial charge is 0.247 e. The quantitative estimate of drug-likeness (QED) is 0.612. The van der Waals surface area contributed by atoms with Gasteiger partial charge in [-0.3, -0.25) is 4.79 Å². The van der Waals surface area contributed by atoms with Gasteiger partial charge in [-0.15, -0.1) is 0 Å². The van der Waals surface area contributed by atoms with Crippen molar-refractivity contribution in [1.29, 1.82) is 0 Å². The number of furan rings is 1. The molecule has 2 aliphatic rings. The molecule has 1 aliphatic carbocycles. The van der Waals surface area contributed by atoms with Gasteiger partial charge in [-0.25, -0.2) is 0 Å². The van der Waals surface area contributed by atoms with Crippen molar-refractivity contribution in [1.82, 2.24) is 4.90 Å². The monoisotopic (exact) mass is 395 g/mol. The van der Waals surface area contributed by atoms with Gasteiger partial charge in [0.25, 0.3) is 0 Å². The third-order valence-corrected chi connectivity index (χ3v) is 5.78. The summed E-state index contributed by atoms with van der Waals surface area (Å²) >= 11 is 0. The summed E-state index contributed by atoms with van der Waals surface area (Å²) in [5.74, 6) is 3.74. The van der Waals surface area contributed by atoms with E-state index in [4.69, 9.17) is 13.9 Å². The molecule has 0 spiro atoms. The van der Waals surface area contributed by atoms with E-state index in [1.807, 2.05) is 41.3 Å². The summed E-state index contributed by atoms with van der Waals surface area (Å²) in [4.78, 5) is 14.8. The Labute approximate surface area is 172 Å². The molecule has 1 amide bonds. The highest BCUT2D eigenvalue weighted by Crippen LogP contribution is 2.47. The van der Waals surface area contributed by atoms with Crippen molar-refractivity contribution in [2.75, 3.05) is 20.3 Å². The van der Waals surface area contributed by atoms with E-state index < -0.39 is 0 Å². The first-order valence-corrected chi connectivity index (χ1v) is 10.4. The summed E-state index contributed by atoms with van der Waals surface area (Å²) in [5, 5.41) is 0. The summed E-state index contributed by atoms with van der Waals surface area (Å²) in [5.41, 5.74) is 1.03. The Morgan fingerprint density at radius 1 is 1.31 bits per heavy atom. The van der Waals surface area contributed by atoms with E-state index in [1.165, 1.54) is 6.42 Å². The average molecular weight is 395 g/mol. The van der Waals surface area contributed by atoms with Crippen LogP contribution < -0.4 is 4.74 Å². The summed E-state index contributed by atoms with van der Waals surface area (Å²) in [6.45, 7) is 4.11. The van der Waals surface area contributed by atoms with E-state index in [9.17, 15) is 4.79 Å². The minimum atomic E-state index is -0.0407. The van der Waals surface area contributed by atoms with Crippen LogP contribution in [0, 0.1) is 5.92 Å². The standard InChI is InChI=1S/C24H29NO4/c1-17-13-22(17)23-10-8-19(29-23)9-11-24(26)25(16-21-7-4-12-28-21)15-18-5-3-6-20(14-18)27-2/h3,5-6,8-11,14,17,21-22H,4,7,12-13,15-16H2,1-2H3/b11-9+. The summed E-state index contributed by atoms with van der Waals surface area (Å²) in [6, 6.07) is 11.8. The minimum Gasteiger partial charge on any atom is -0.497 e. The molecule has 0 N–H and O–H groups in total. The molecule has 0 bridgehead atoms. The highest BCUT2D eigenvalue weighted by Gasteiger charge is 2.36. The lowest BCUT2D eigenvalue weighted by molar-refractivity contribution is -0.128. The molecule has 3 unspecified atom stereocenters. The molecule has 29 heavy (non-hydrogen) atoms. The molecule has 1 saturated heterocycles. The van der Waals surface area contributed by atoms with E-state index in [-0.39, 0.29) is 12.0 Å². The number of hydrogen-bond donors (Lipinski definition) is 0. The van der Waals surface area contributed by atoms with Crippen LogP contribution in [0.15, 0.2) is 46.9 Å². The van der Waals surface area contributed by atoms with Gasteiger partial charge in [-0.2, -0.15) is 0 Å². The molecule has 2 aromatic rings. The number of amides is 1. The first-order valence-electron chi connectivity index (χ1n) is 10.4. The molecule has 154 valence electrons. The lowest BCUT2D eigenvalue weighted by Crippen LogP contribution is -2.35. The molecule has 1 aromatic heterocycles. The van der Waals surface area contributed by atoms with Gasteiger partial charge in [-0.05, 0) is 61.1 Å². The Balaban J connectivity index is 1.45. The number of carbonyl (C=O) groups is 1. The van der Waals surface area contributed by atoms with Crippen LogP contribution in [0.25, 0.3) is 6.08 Å². The predicted octanol–water partition coefficient (Wildman–Crippen LogP) is 4.63. The fourth-order valence-corrected chi connectivity index (χ4v) is 3.89. The molecule has 2 fully saturated rings. The number of ether oxygens (including phenoxy) is 2. The molecule has 5 nitrogen and oxygen atoms in total. The van der Waals surface area contributed by atoms with Crippen LogP contribution in [-0.2, 0) is 16.1 Å². The van der Waals surface area contributed by atoms with Gasteiger partial charge < -0.3 is 18.8 Å². The first kappa shape index (κ1) is 19.8. The zero-order valence-electron chi connectivity index (χ0n) is 17.2. The second-order valence-electron chi connectivity index (χ2n) is 8.10. The number of benzene rings is 1. The topological polar surface area (TPSA) is 51.9 Å². The molecule has 0 radical (unpaired) electrons. The Hall–Kier alpha value is -2.53. The highest BCUT2D eigenvalue weighted by atomic mass is 16.5. The van der Waals surface area contributed by atoms with E-state index in [1.54, 1.807) is 19.3 Å². The second-order valence-corrected chi connectivity index (χ2v) is 8.10. The largest absolute Gasteiger partial charge is 0.497 e. The van der Waals surface area contributed by atoms with Crippen molar-refractivity contribution in [2.24, 2.45) is 5.92 Å². The van der Waals surface area contributed by atoms with Gasteiger partial charge in [0.05, 0.1) is 13.2 Å². The van der Waals surface area contributed by atoms with Crippen LogP contribution in [0.2, 0.25) is 0 Å². The Bertz CT molecular complexity index is 865. The van der Waals surface area contributed by atoms with Crippen LogP contribution in [0.4, 0.5) is 0 Å². The number of methoxy groups -OCH3 is 1. The normalized spacial score (nSPS) is 23.4. The van der Waals surface area contributed by atoms with E-state index in [0.717, 1.165) is 42.3 Å². The van der Waals surface area contributed by atoms with Crippen LogP contribution in [-0.4, -0.2) is 37.2 Å². The summed E-state index contributed by atoms with van der Waals surface area (Å²) in [7, 11) is 1.65. The Morgan fingerprint density at radius 2 is 2.17 bits per heavy atom. The van der Waals surface area contributed by atoms with Crippen molar-refractivity contribution in [2.45, 2.75) is 44.8 Å². The molecule has 5 heteroatoms.